The Hall–Kier alpha value is -3.80. The van der Waals surface area contributed by atoms with Crippen LogP contribution in [0.4, 0.5) is 0 Å². The molecule has 1 amide bonds. The minimum atomic E-state index is 0.0404. The van der Waals surface area contributed by atoms with Crippen molar-refractivity contribution in [2.75, 3.05) is 0 Å². The van der Waals surface area contributed by atoms with E-state index in [0.29, 0.717) is 12.1 Å². The number of hydrogen-bond acceptors (Lipinski definition) is 4. The molecule has 1 unspecified atom stereocenters. The molecule has 0 fully saturated rings. The lowest BCUT2D eigenvalue weighted by Crippen LogP contribution is -2.33. The van der Waals surface area contributed by atoms with Crippen molar-refractivity contribution in [2.24, 2.45) is 0 Å². The summed E-state index contributed by atoms with van der Waals surface area (Å²) in [5.41, 5.74) is 7.44. The molecule has 0 spiro atoms. The van der Waals surface area contributed by atoms with Gasteiger partial charge in [0.05, 0.1) is 11.7 Å². The minimum Gasteiger partial charge on any atom is -0.327 e. The highest BCUT2D eigenvalue weighted by atomic mass is 16.2. The molecule has 160 valence electrons. The van der Waals surface area contributed by atoms with E-state index in [2.05, 4.69) is 71.0 Å². The van der Waals surface area contributed by atoms with Gasteiger partial charge < -0.3 is 4.90 Å². The predicted molar refractivity (Wildman–Crippen MR) is 122 cm³/mol. The number of benzene rings is 3. The van der Waals surface area contributed by atoms with Crippen LogP contribution in [0.5, 0.6) is 0 Å². The van der Waals surface area contributed by atoms with Gasteiger partial charge in [-0.2, -0.15) is 0 Å². The number of aryl methyl sites for hydroxylation is 3. The number of nitrogens with zero attached hydrogens (tertiary/aromatic N) is 5. The topological polar surface area (TPSA) is 63.9 Å². The number of hydrogen-bond donors (Lipinski definition) is 0. The summed E-state index contributed by atoms with van der Waals surface area (Å²) in [4.78, 5) is 15.9. The molecule has 0 aliphatic heterocycles. The maximum atomic E-state index is 13.8. The fraction of sp³-hybridized carbons (Fsp3) is 0.231. The van der Waals surface area contributed by atoms with E-state index in [-0.39, 0.29) is 11.9 Å². The molecule has 0 radical (unpaired) electrons. The zero-order valence-corrected chi connectivity index (χ0v) is 18.3. The highest BCUT2D eigenvalue weighted by Gasteiger charge is 2.31. The first-order valence-corrected chi connectivity index (χ1v) is 10.9. The highest BCUT2D eigenvalue weighted by molar-refractivity contribution is 5.95. The van der Waals surface area contributed by atoms with E-state index in [1.165, 1.54) is 16.7 Å². The monoisotopic (exact) mass is 423 g/mol. The molecule has 4 aromatic rings. The summed E-state index contributed by atoms with van der Waals surface area (Å²) in [7, 11) is 0. The van der Waals surface area contributed by atoms with E-state index in [4.69, 9.17) is 0 Å². The van der Waals surface area contributed by atoms with Gasteiger partial charge in [-0.1, -0.05) is 54.1 Å². The lowest BCUT2D eigenvalue weighted by atomic mass is 10.0. The molecule has 32 heavy (non-hydrogen) atoms. The first kappa shape index (κ1) is 20.1. The first-order valence-electron chi connectivity index (χ1n) is 10.9. The molecule has 6 nitrogen and oxygen atoms in total. The van der Waals surface area contributed by atoms with E-state index in [9.17, 15) is 4.79 Å². The van der Waals surface area contributed by atoms with Gasteiger partial charge in [-0.25, -0.2) is 4.68 Å². The van der Waals surface area contributed by atoms with Crippen LogP contribution in [0.15, 0.2) is 73.1 Å². The average Bonchev–Trinajstić information content (AvgIpc) is 3.49. The lowest BCUT2D eigenvalue weighted by molar-refractivity contribution is 0.0658. The minimum absolute atomic E-state index is 0.0404. The molecular weight excluding hydrogens is 398 g/mol. The van der Waals surface area contributed by atoms with Gasteiger partial charge in [0, 0.05) is 12.1 Å². The van der Waals surface area contributed by atoms with Crippen molar-refractivity contribution in [3.05, 3.63) is 106 Å². The SMILES string of the molecule is Cc1ccc(CN(C(=O)c2ccc(-n3cnnn3)c(C)c2)C2CCc3ccccc32)cc1. The largest absolute Gasteiger partial charge is 0.327 e. The number of tetrazole rings is 1. The van der Waals surface area contributed by atoms with Crippen LogP contribution in [0.3, 0.4) is 0 Å². The van der Waals surface area contributed by atoms with Crippen LogP contribution in [0.25, 0.3) is 5.69 Å². The van der Waals surface area contributed by atoms with Gasteiger partial charge in [-0.3, -0.25) is 4.79 Å². The third-order valence-corrected chi connectivity index (χ3v) is 6.25. The van der Waals surface area contributed by atoms with Gasteiger partial charge >= 0.3 is 0 Å². The van der Waals surface area contributed by atoms with E-state index in [1.807, 2.05) is 30.0 Å². The van der Waals surface area contributed by atoms with Crippen LogP contribution in [-0.2, 0) is 13.0 Å². The Balaban J connectivity index is 1.50. The number of amides is 1. The predicted octanol–water partition coefficient (Wildman–Crippen LogP) is 4.61. The molecule has 1 aromatic heterocycles. The Morgan fingerprint density at radius 3 is 2.62 bits per heavy atom. The average molecular weight is 424 g/mol. The van der Waals surface area contributed by atoms with Crippen molar-refractivity contribution in [1.82, 2.24) is 25.1 Å². The smallest absolute Gasteiger partial charge is 0.254 e. The molecule has 1 heterocycles. The molecule has 1 atom stereocenters. The van der Waals surface area contributed by atoms with Crippen molar-refractivity contribution in [3.8, 4) is 5.69 Å². The summed E-state index contributed by atoms with van der Waals surface area (Å²) < 4.78 is 1.61. The van der Waals surface area contributed by atoms with Crippen LogP contribution in [0, 0.1) is 13.8 Å². The summed E-state index contributed by atoms with van der Waals surface area (Å²) in [6.45, 7) is 4.63. The van der Waals surface area contributed by atoms with Crippen LogP contribution < -0.4 is 0 Å². The third-order valence-electron chi connectivity index (χ3n) is 6.25. The van der Waals surface area contributed by atoms with Crippen molar-refractivity contribution < 1.29 is 4.79 Å². The molecule has 3 aromatic carbocycles. The van der Waals surface area contributed by atoms with Crippen molar-refractivity contribution in [1.29, 1.82) is 0 Å². The van der Waals surface area contributed by atoms with Gasteiger partial charge in [-0.05, 0) is 77.6 Å². The molecule has 0 N–H and O–H groups in total. The zero-order chi connectivity index (χ0) is 22.1. The lowest BCUT2D eigenvalue weighted by Gasteiger charge is -2.30. The number of fused-ring (bicyclic) bond motifs is 1. The number of carbonyl (C=O) groups is 1. The second kappa shape index (κ2) is 8.38. The second-order valence-corrected chi connectivity index (χ2v) is 8.43. The van der Waals surface area contributed by atoms with E-state index >= 15 is 0 Å². The molecule has 0 bridgehead atoms. The number of carbonyl (C=O) groups excluding carboxylic acids is 1. The summed E-state index contributed by atoms with van der Waals surface area (Å²) >= 11 is 0. The van der Waals surface area contributed by atoms with Crippen LogP contribution >= 0.6 is 0 Å². The molecular formula is C26H25N5O. The summed E-state index contributed by atoms with van der Waals surface area (Å²) in [5.74, 6) is 0.0404. The van der Waals surface area contributed by atoms with E-state index < -0.39 is 0 Å². The van der Waals surface area contributed by atoms with Crippen molar-refractivity contribution in [3.63, 3.8) is 0 Å². The van der Waals surface area contributed by atoms with E-state index in [0.717, 1.165) is 29.7 Å². The van der Waals surface area contributed by atoms with Crippen LogP contribution in [-0.4, -0.2) is 31.0 Å². The maximum absolute atomic E-state index is 13.8. The van der Waals surface area contributed by atoms with E-state index in [1.54, 1.807) is 11.0 Å². The Labute approximate surface area is 187 Å². The zero-order valence-electron chi connectivity index (χ0n) is 18.3. The first-order chi connectivity index (χ1) is 15.6. The van der Waals surface area contributed by atoms with Gasteiger partial charge in [0.1, 0.15) is 6.33 Å². The summed E-state index contributed by atoms with van der Waals surface area (Å²) in [5, 5.41) is 11.4. The molecule has 1 aliphatic carbocycles. The number of aromatic nitrogens is 4. The standard InChI is InChI=1S/C26H25N5O/c1-18-7-9-20(10-8-18)16-30(25-14-11-21-5-3-4-6-23(21)25)26(32)22-12-13-24(19(2)15-22)31-17-27-28-29-31/h3-10,12-13,15,17,25H,11,14,16H2,1-2H3. The maximum Gasteiger partial charge on any atom is 0.254 e. The molecule has 1 aliphatic rings. The second-order valence-electron chi connectivity index (χ2n) is 8.43. The Morgan fingerprint density at radius 1 is 1.06 bits per heavy atom. The molecule has 5 rings (SSSR count). The van der Waals surface area contributed by atoms with Gasteiger partial charge in [0.25, 0.3) is 5.91 Å². The van der Waals surface area contributed by atoms with Crippen molar-refractivity contribution >= 4 is 5.91 Å². The quantitative estimate of drug-likeness (QED) is 0.470. The van der Waals surface area contributed by atoms with Crippen LogP contribution in [0.1, 0.15) is 50.6 Å². The fourth-order valence-corrected chi connectivity index (χ4v) is 4.56. The molecule has 6 heteroatoms. The van der Waals surface area contributed by atoms with Gasteiger partial charge in [0.15, 0.2) is 0 Å². The summed E-state index contributed by atoms with van der Waals surface area (Å²) in [6, 6.07) is 22.7. The third kappa shape index (κ3) is 3.80. The fourth-order valence-electron chi connectivity index (χ4n) is 4.56. The number of rotatable bonds is 5. The van der Waals surface area contributed by atoms with Crippen LogP contribution in [0.2, 0.25) is 0 Å². The molecule has 0 saturated heterocycles. The normalized spacial score (nSPS) is 14.9. The molecule has 0 saturated carbocycles. The highest BCUT2D eigenvalue weighted by Crippen LogP contribution is 2.37. The Morgan fingerprint density at radius 2 is 1.88 bits per heavy atom. The Bertz CT molecular complexity index is 1250. The van der Waals surface area contributed by atoms with Crippen molar-refractivity contribution in [2.45, 2.75) is 39.3 Å². The van der Waals surface area contributed by atoms with Gasteiger partial charge in [0.2, 0.25) is 0 Å². The van der Waals surface area contributed by atoms with Gasteiger partial charge in [-0.15, -0.1) is 5.10 Å². The summed E-state index contributed by atoms with van der Waals surface area (Å²) in [6.07, 6.45) is 3.50. The Kier molecular flexibility index (Phi) is 5.27.